The number of quaternary nitrogens is 1. The molecule has 2 heteroatoms. The van der Waals surface area contributed by atoms with Gasteiger partial charge in [0.25, 0.3) is 0 Å². The van der Waals surface area contributed by atoms with E-state index in [0.717, 1.165) is 18.5 Å². The molecule has 0 aliphatic carbocycles. The highest BCUT2D eigenvalue weighted by molar-refractivity contribution is 5.80. The first-order valence-corrected chi connectivity index (χ1v) is 4.16. The van der Waals surface area contributed by atoms with E-state index >= 15 is 0 Å². The van der Waals surface area contributed by atoms with Crippen LogP contribution >= 0.6 is 0 Å². The minimum atomic E-state index is 0.920. The predicted molar refractivity (Wildman–Crippen MR) is 47.7 cm³/mol. The standard InChI is InChI=1S/C10H11NO/c11-6-5-8-7-12-10-4-2-1-3-9(8)10/h1-4,7H,5-6,11H2/p+1. The first-order chi connectivity index (χ1) is 5.92. The summed E-state index contributed by atoms with van der Waals surface area (Å²) in [5.41, 5.74) is 6.06. The van der Waals surface area contributed by atoms with Gasteiger partial charge in [0, 0.05) is 17.4 Å². The molecular weight excluding hydrogens is 150 g/mol. The van der Waals surface area contributed by atoms with Crippen molar-refractivity contribution in [2.24, 2.45) is 0 Å². The van der Waals surface area contributed by atoms with Gasteiger partial charge in [-0.2, -0.15) is 0 Å². The summed E-state index contributed by atoms with van der Waals surface area (Å²) < 4.78 is 5.37. The fraction of sp³-hybridized carbons (Fsp3) is 0.200. The molecule has 0 aliphatic rings. The third-order valence-corrected chi connectivity index (χ3v) is 2.01. The van der Waals surface area contributed by atoms with Crippen LogP contribution in [0.2, 0.25) is 0 Å². The maximum Gasteiger partial charge on any atom is 0.134 e. The normalized spacial score (nSPS) is 10.8. The minimum Gasteiger partial charge on any atom is -0.464 e. The van der Waals surface area contributed by atoms with Gasteiger partial charge in [0.05, 0.1) is 12.8 Å². The second-order valence-corrected chi connectivity index (χ2v) is 2.86. The summed E-state index contributed by atoms with van der Waals surface area (Å²) in [5.74, 6) is 0. The van der Waals surface area contributed by atoms with Gasteiger partial charge in [-0.25, -0.2) is 0 Å². The van der Waals surface area contributed by atoms with Crippen LogP contribution in [0.3, 0.4) is 0 Å². The van der Waals surface area contributed by atoms with Gasteiger partial charge in [0.2, 0.25) is 0 Å². The van der Waals surface area contributed by atoms with Gasteiger partial charge >= 0.3 is 0 Å². The Hall–Kier alpha value is -1.28. The number of fused-ring (bicyclic) bond motifs is 1. The van der Waals surface area contributed by atoms with E-state index in [4.69, 9.17) is 4.42 Å². The van der Waals surface area contributed by atoms with Gasteiger partial charge in [0.15, 0.2) is 0 Å². The third-order valence-electron chi connectivity index (χ3n) is 2.01. The highest BCUT2D eigenvalue weighted by atomic mass is 16.3. The fourth-order valence-corrected chi connectivity index (χ4v) is 1.42. The average molecular weight is 162 g/mol. The maximum atomic E-state index is 5.37. The molecule has 0 amide bonds. The smallest absolute Gasteiger partial charge is 0.134 e. The van der Waals surface area contributed by atoms with Crippen molar-refractivity contribution in [2.75, 3.05) is 6.54 Å². The maximum absolute atomic E-state index is 5.37. The molecule has 1 heterocycles. The first kappa shape index (κ1) is 7.37. The second kappa shape index (κ2) is 2.99. The van der Waals surface area contributed by atoms with E-state index in [2.05, 4.69) is 11.8 Å². The lowest BCUT2D eigenvalue weighted by Gasteiger charge is -1.90. The molecule has 2 rings (SSSR count). The van der Waals surface area contributed by atoms with Crippen molar-refractivity contribution in [2.45, 2.75) is 6.42 Å². The Morgan fingerprint density at radius 2 is 2.08 bits per heavy atom. The van der Waals surface area contributed by atoms with Gasteiger partial charge in [0.1, 0.15) is 5.58 Å². The van der Waals surface area contributed by atoms with E-state index in [9.17, 15) is 0 Å². The number of furan rings is 1. The highest BCUT2D eigenvalue weighted by Crippen LogP contribution is 2.20. The molecule has 1 aromatic carbocycles. The van der Waals surface area contributed by atoms with Crippen molar-refractivity contribution in [1.82, 2.24) is 0 Å². The van der Waals surface area contributed by atoms with Crippen LogP contribution in [0, 0.1) is 0 Å². The first-order valence-electron chi connectivity index (χ1n) is 4.16. The van der Waals surface area contributed by atoms with Crippen LogP contribution in [0.25, 0.3) is 11.0 Å². The monoisotopic (exact) mass is 162 g/mol. The van der Waals surface area contributed by atoms with Crippen LogP contribution in [0.5, 0.6) is 0 Å². The van der Waals surface area contributed by atoms with Crippen molar-refractivity contribution in [1.29, 1.82) is 0 Å². The van der Waals surface area contributed by atoms with Crippen molar-refractivity contribution in [3.63, 3.8) is 0 Å². The topological polar surface area (TPSA) is 40.8 Å². The number of para-hydroxylation sites is 1. The van der Waals surface area contributed by atoms with Gasteiger partial charge in [-0.3, -0.25) is 0 Å². The highest BCUT2D eigenvalue weighted by Gasteiger charge is 2.03. The van der Waals surface area contributed by atoms with Gasteiger partial charge in [-0.1, -0.05) is 18.2 Å². The van der Waals surface area contributed by atoms with Crippen LogP contribution in [-0.4, -0.2) is 6.54 Å². The van der Waals surface area contributed by atoms with Crippen molar-refractivity contribution in [3.8, 4) is 0 Å². The Morgan fingerprint density at radius 1 is 1.25 bits per heavy atom. The largest absolute Gasteiger partial charge is 0.464 e. The fourth-order valence-electron chi connectivity index (χ4n) is 1.42. The molecule has 62 valence electrons. The number of benzene rings is 1. The Labute approximate surface area is 71.0 Å². The Morgan fingerprint density at radius 3 is 2.92 bits per heavy atom. The molecule has 0 saturated heterocycles. The SMILES string of the molecule is [NH3+]CCc1coc2ccccc12. The average Bonchev–Trinajstić information content (AvgIpc) is 2.50. The predicted octanol–water partition coefficient (Wildman–Crippen LogP) is 1.22. The Kier molecular flexibility index (Phi) is 1.84. The van der Waals surface area contributed by atoms with Crippen LogP contribution in [-0.2, 0) is 6.42 Å². The molecule has 0 radical (unpaired) electrons. The number of hydrogen-bond acceptors (Lipinski definition) is 1. The molecule has 1 aromatic heterocycles. The molecule has 2 aromatic rings. The summed E-state index contributed by atoms with van der Waals surface area (Å²) in [6.07, 6.45) is 2.83. The molecule has 0 aliphatic heterocycles. The van der Waals surface area contributed by atoms with E-state index in [0.29, 0.717) is 0 Å². The lowest BCUT2D eigenvalue weighted by molar-refractivity contribution is -0.366. The zero-order chi connectivity index (χ0) is 8.39. The molecule has 0 saturated carbocycles. The molecule has 0 bridgehead atoms. The second-order valence-electron chi connectivity index (χ2n) is 2.86. The van der Waals surface area contributed by atoms with E-state index < -0.39 is 0 Å². The van der Waals surface area contributed by atoms with Crippen molar-refractivity contribution in [3.05, 3.63) is 36.1 Å². The lowest BCUT2D eigenvalue weighted by atomic mass is 10.1. The zero-order valence-corrected chi connectivity index (χ0v) is 6.92. The molecule has 0 spiro atoms. The molecule has 0 unspecified atom stereocenters. The van der Waals surface area contributed by atoms with Gasteiger partial charge in [-0.15, -0.1) is 0 Å². The van der Waals surface area contributed by atoms with Crippen LogP contribution in [0.4, 0.5) is 0 Å². The molecule has 2 nitrogen and oxygen atoms in total. The molecule has 0 fully saturated rings. The van der Waals surface area contributed by atoms with Gasteiger partial charge in [-0.05, 0) is 6.07 Å². The van der Waals surface area contributed by atoms with Gasteiger partial charge < -0.3 is 10.2 Å². The van der Waals surface area contributed by atoms with Crippen LogP contribution in [0.15, 0.2) is 34.9 Å². The summed E-state index contributed by atoms with van der Waals surface area (Å²) in [7, 11) is 0. The molecule has 0 atom stereocenters. The summed E-state index contributed by atoms with van der Waals surface area (Å²) >= 11 is 0. The number of rotatable bonds is 2. The molecule has 12 heavy (non-hydrogen) atoms. The van der Waals surface area contributed by atoms with E-state index in [1.807, 2.05) is 24.5 Å². The Balaban J connectivity index is 2.55. The molecular formula is C10H12NO+. The van der Waals surface area contributed by atoms with Crippen LogP contribution < -0.4 is 5.73 Å². The van der Waals surface area contributed by atoms with Crippen LogP contribution in [0.1, 0.15) is 5.56 Å². The van der Waals surface area contributed by atoms with Crippen molar-refractivity contribution < 1.29 is 10.2 Å². The summed E-state index contributed by atoms with van der Waals surface area (Å²) in [6, 6.07) is 8.09. The zero-order valence-electron chi connectivity index (χ0n) is 6.92. The summed E-state index contributed by atoms with van der Waals surface area (Å²) in [6.45, 7) is 0.920. The van der Waals surface area contributed by atoms with Crippen molar-refractivity contribution >= 4 is 11.0 Å². The molecule has 3 N–H and O–H groups in total. The third kappa shape index (κ3) is 1.10. The van der Waals surface area contributed by atoms with E-state index in [1.165, 1.54) is 10.9 Å². The summed E-state index contributed by atoms with van der Waals surface area (Å²) in [5, 5.41) is 1.22. The Bertz CT molecular complexity index is 378. The lowest BCUT2D eigenvalue weighted by Crippen LogP contribution is -2.51. The van der Waals surface area contributed by atoms with E-state index in [1.54, 1.807) is 0 Å². The quantitative estimate of drug-likeness (QED) is 0.708. The summed E-state index contributed by atoms with van der Waals surface area (Å²) in [4.78, 5) is 0. The van der Waals surface area contributed by atoms with E-state index in [-0.39, 0.29) is 0 Å². The minimum absolute atomic E-state index is 0.920. The number of hydrogen-bond donors (Lipinski definition) is 1.